The topological polar surface area (TPSA) is 190 Å². The first-order chi connectivity index (χ1) is 18.7. The van der Waals surface area contributed by atoms with E-state index < -0.39 is 30.3 Å². The third-order valence-electron chi connectivity index (χ3n) is 5.16. The lowest BCUT2D eigenvalue weighted by molar-refractivity contribution is -0.190. The van der Waals surface area contributed by atoms with Crippen molar-refractivity contribution in [2.45, 2.75) is 23.3 Å². The van der Waals surface area contributed by atoms with E-state index >= 15 is 0 Å². The van der Waals surface area contributed by atoms with Crippen molar-refractivity contribution in [2.75, 3.05) is 26.3 Å². The summed E-state index contributed by atoms with van der Waals surface area (Å²) >= 11 is 0.916. The summed E-state index contributed by atoms with van der Waals surface area (Å²) in [5.41, 5.74) is 11.3. The van der Waals surface area contributed by atoms with Crippen molar-refractivity contribution in [3.05, 3.63) is 65.5 Å². The maximum Gasteiger partial charge on any atom is 0.490 e. The van der Waals surface area contributed by atoms with Crippen LogP contribution in [-0.4, -0.2) is 34.7 Å². The van der Waals surface area contributed by atoms with Gasteiger partial charge < -0.3 is 25.8 Å². The average Bonchev–Trinajstić information content (AvgIpc) is 3.40. The van der Waals surface area contributed by atoms with E-state index in [0.29, 0.717) is 61.1 Å². The normalized spacial score (nSPS) is 12.5. The molecule has 0 amide bonds. The number of rotatable bonds is 15. The molecule has 0 saturated carbocycles. The standard InChI is InChI=1S/C24H26FN4O7PS2/c25-19-13-17(3-4-18(19)15-28)24(36-37(30)31)29-39(32,33)23-8-7-22(38-23)16-5-6-20(34-11-1-9-26)21(14-16)35-12-2-10-27/h3-8,13-14,24,29H,1-2,9-12,26-27H2. The molecule has 1 aromatic heterocycles. The number of ether oxygens (including phenoxy) is 2. The number of nitrogens with one attached hydrogen (secondary N) is 1. The van der Waals surface area contributed by atoms with E-state index in [9.17, 15) is 22.3 Å². The van der Waals surface area contributed by atoms with Gasteiger partial charge in [0.2, 0.25) is 6.23 Å². The third kappa shape index (κ3) is 8.50. The number of sulfonamides is 1. The largest absolute Gasteiger partial charge is 0.566 e. The van der Waals surface area contributed by atoms with Crippen LogP contribution in [0.15, 0.2) is 52.7 Å². The Hall–Kier alpha value is -2.99. The lowest BCUT2D eigenvalue weighted by Gasteiger charge is -2.14. The predicted molar refractivity (Wildman–Crippen MR) is 141 cm³/mol. The predicted octanol–water partition coefficient (Wildman–Crippen LogP) is 2.89. The van der Waals surface area contributed by atoms with Crippen molar-refractivity contribution >= 4 is 29.6 Å². The van der Waals surface area contributed by atoms with Gasteiger partial charge in [-0.15, -0.1) is 15.9 Å². The Labute approximate surface area is 230 Å². The molecule has 0 aliphatic heterocycles. The van der Waals surface area contributed by atoms with Crippen LogP contribution in [-0.2, 0) is 19.1 Å². The highest BCUT2D eigenvalue weighted by atomic mass is 32.2. The van der Waals surface area contributed by atoms with Gasteiger partial charge in [0.05, 0.1) is 18.8 Å². The first-order valence-electron chi connectivity index (χ1n) is 11.6. The van der Waals surface area contributed by atoms with Gasteiger partial charge in [-0.05, 0) is 78.5 Å². The Balaban J connectivity index is 1.87. The van der Waals surface area contributed by atoms with Crippen LogP contribution in [0.1, 0.15) is 30.2 Å². The summed E-state index contributed by atoms with van der Waals surface area (Å²) in [6.45, 7) is 1.68. The van der Waals surface area contributed by atoms with Gasteiger partial charge in [-0.1, -0.05) is 6.07 Å². The molecule has 0 spiro atoms. The van der Waals surface area contributed by atoms with Crippen LogP contribution in [0, 0.1) is 17.1 Å². The Morgan fingerprint density at radius 1 is 1.05 bits per heavy atom. The number of nitrogens with zero attached hydrogens (tertiary/aromatic N) is 1. The summed E-state index contributed by atoms with van der Waals surface area (Å²) in [6, 6.07) is 12.8. The number of hydrogen-bond acceptors (Lipinski definition) is 11. The molecule has 3 aromatic rings. The molecule has 0 saturated heterocycles. The second-order valence-corrected chi connectivity index (χ2v) is 11.6. The number of benzene rings is 2. The number of thiophene rings is 1. The molecule has 5 N–H and O–H groups in total. The van der Waals surface area contributed by atoms with E-state index in [1.54, 1.807) is 30.3 Å². The first-order valence-corrected chi connectivity index (χ1v) is 15.0. The van der Waals surface area contributed by atoms with Crippen LogP contribution in [0.3, 0.4) is 0 Å². The number of halogens is 1. The monoisotopic (exact) mass is 596 g/mol. The van der Waals surface area contributed by atoms with Gasteiger partial charge in [-0.25, -0.2) is 12.8 Å². The molecule has 0 radical (unpaired) electrons. The van der Waals surface area contributed by atoms with Gasteiger partial charge >= 0.3 is 8.25 Å². The molecule has 2 aromatic carbocycles. The molecule has 208 valence electrons. The molecule has 2 atom stereocenters. The van der Waals surface area contributed by atoms with Crippen LogP contribution >= 0.6 is 19.6 Å². The summed E-state index contributed by atoms with van der Waals surface area (Å²) in [5, 5.41) is 8.91. The molecule has 15 heteroatoms. The summed E-state index contributed by atoms with van der Waals surface area (Å²) in [4.78, 5) is 11.8. The number of nitrogens with two attached hydrogens (primary N) is 2. The number of nitriles is 1. The lowest BCUT2D eigenvalue weighted by Crippen LogP contribution is -2.29. The van der Waals surface area contributed by atoms with Crippen molar-refractivity contribution in [3.63, 3.8) is 0 Å². The fourth-order valence-corrected chi connectivity index (χ4v) is 6.10. The quantitative estimate of drug-likeness (QED) is 0.134. The minimum absolute atomic E-state index is 0.143. The van der Waals surface area contributed by atoms with Crippen LogP contribution in [0.2, 0.25) is 0 Å². The zero-order valence-electron chi connectivity index (χ0n) is 20.5. The van der Waals surface area contributed by atoms with E-state index in [1.165, 1.54) is 12.1 Å². The molecule has 0 bridgehead atoms. The molecule has 0 fully saturated rings. The third-order valence-corrected chi connectivity index (χ3v) is 8.57. The van der Waals surface area contributed by atoms with Gasteiger partial charge in [0, 0.05) is 10.4 Å². The van der Waals surface area contributed by atoms with Crippen molar-refractivity contribution in [3.8, 4) is 28.0 Å². The van der Waals surface area contributed by atoms with Gasteiger partial charge in [-0.2, -0.15) is 9.98 Å². The van der Waals surface area contributed by atoms with Crippen LogP contribution in [0.25, 0.3) is 10.4 Å². The highest BCUT2D eigenvalue weighted by Gasteiger charge is 2.29. The van der Waals surface area contributed by atoms with Crippen LogP contribution < -0.4 is 30.6 Å². The van der Waals surface area contributed by atoms with E-state index in [4.69, 9.17) is 30.7 Å². The van der Waals surface area contributed by atoms with Crippen LogP contribution in [0.4, 0.5) is 4.39 Å². The first kappa shape index (κ1) is 30.6. The summed E-state index contributed by atoms with van der Waals surface area (Å²) < 4.78 is 69.8. The second-order valence-electron chi connectivity index (χ2n) is 7.94. The Morgan fingerprint density at radius 2 is 1.74 bits per heavy atom. The zero-order valence-corrected chi connectivity index (χ0v) is 23.1. The molecule has 2 unspecified atom stereocenters. The molecule has 39 heavy (non-hydrogen) atoms. The molecule has 0 aliphatic carbocycles. The molecular weight excluding hydrogens is 570 g/mol. The van der Waals surface area contributed by atoms with Gasteiger partial charge in [0.15, 0.2) is 11.5 Å². The van der Waals surface area contributed by atoms with E-state index in [0.717, 1.165) is 23.5 Å². The Kier molecular flexibility index (Phi) is 11.3. The molecule has 3 rings (SSSR count). The SMILES string of the molecule is N#Cc1ccc(C(NS(=O)(=O)c2ccc(-c3ccc(OCCCN)c(OCCCN)c3)s2)O[P+](=O)[O-])cc1F. The lowest BCUT2D eigenvalue weighted by atomic mass is 10.1. The van der Waals surface area contributed by atoms with Gasteiger partial charge in [0.1, 0.15) is 16.1 Å². The second kappa shape index (κ2) is 14.4. The van der Waals surface area contributed by atoms with Crippen molar-refractivity contribution < 1.29 is 36.3 Å². The van der Waals surface area contributed by atoms with Gasteiger partial charge in [0.25, 0.3) is 10.0 Å². The molecular formula is C24H26FN4O7PS2. The fraction of sp³-hybridized carbons (Fsp3) is 0.292. The summed E-state index contributed by atoms with van der Waals surface area (Å²) in [6.07, 6.45) is -0.471. The minimum Gasteiger partial charge on any atom is -0.566 e. The molecule has 0 aliphatic rings. The maximum absolute atomic E-state index is 14.1. The zero-order chi connectivity index (χ0) is 28.4. The highest BCUT2D eigenvalue weighted by Crippen LogP contribution is 2.37. The van der Waals surface area contributed by atoms with Crippen LogP contribution in [0.5, 0.6) is 11.5 Å². The molecule has 1 heterocycles. The maximum atomic E-state index is 14.1. The summed E-state index contributed by atoms with van der Waals surface area (Å²) in [5.74, 6) is 0.0170. The van der Waals surface area contributed by atoms with Gasteiger partial charge in [-0.3, -0.25) is 0 Å². The average molecular weight is 597 g/mol. The van der Waals surface area contributed by atoms with E-state index in [2.05, 4.69) is 4.72 Å². The molecule has 11 nitrogen and oxygen atoms in total. The van der Waals surface area contributed by atoms with Crippen molar-refractivity contribution in [2.24, 2.45) is 11.5 Å². The minimum atomic E-state index is -4.31. The highest BCUT2D eigenvalue weighted by molar-refractivity contribution is 7.91. The fourth-order valence-electron chi connectivity index (χ4n) is 3.26. The van der Waals surface area contributed by atoms with Crippen molar-refractivity contribution in [1.29, 1.82) is 5.26 Å². The van der Waals surface area contributed by atoms with Crippen molar-refractivity contribution in [1.82, 2.24) is 4.72 Å². The Bertz CT molecular complexity index is 1450. The number of hydrogen-bond donors (Lipinski definition) is 3. The van der Waals surface area contributed by atoms with E-state index in [-0.39, 0.29) is 15.3 Å². The Morgan fingerprint density at radius 3 is 2.36 bits per heavy atom. The van der Waals surface area contributed by atoms with E-state index in [1.807, 2.05) is 0 Å². The smallest absolute Gasteiger partial charge is 0.490 e. The summed E-state index contributed by atoms with van der Waals surface area (Å²) in [7, 11) is -7.82.